The van der Waals surface area contributed by atoms with Gasteiger partial charge >= 0.3 is 0 Å². The zero-order valence-electron chi connectivity index (χ0n) is 25.3. The van der Waals surface area contributed by atoms with Crippen LogP contribution in [0.15, 0.2) is 82.1 Å². The number of hydrogen-bond donors (Lipinski definition) is 3. The van der Waals surface area contributed by atoms with Crippen LogP contribution in [0, 0.1) is 22.7 Å². The van der Waals surface area contributed by atoms with E-state index in [4.69, 9.17) is 15.2 Å². The van der Waals surface area contributed by atoms with Crippen LogP contribution in [0.2, 0.25) is 0 Å². The van der Waals surface area contributed by atoms with E-state index in [2.05, 4.69) is 0 Å². The Morgan fingerprint density at radius 1 is 1.04 bits per heavy atom. The van der Waals surface area contributed by atoms with E-state index in [1.165, 1.54) is 19.1 Å². The van der Waals surface area contributed by atoms with Crippen LogP contribution < -0.4 is 5.73 Å². The molecule has 1 aliphatic heterocycles. The minimum atomic E-state index is -2.30. The number of Topliss-reactive ketones (excluding diaryl/α,β-unsaturated/α-hetero) is 1. The molecule has 0 bridgehead atoms. The molecule has 238 valence electrons. The first-order chi connectivity index (χ1) is 21.2. The lowest BCUT2D eigenvalue weighted by atomic mass is 9.44. The van der Waals surface area contributed by atoms with Gasteiger partial charge in [-0.2, -0.15) is 0 Å². The highest BCUT2D eigenvalue weighted by Gasteiger charge is 2.81. The second-order valence-electron chi connectivity index (χ2n) is 13.8. The number of ether oxygens (including phenoxy) is 2. The van der Waals surface area contributed by atoms with Crippen molar-refractivity contribution in [3.8, 4) is 0 Å². The van der Waals surface area contributed by atoms with Gasteiger partial charge < -0.3 is 25.4 Å². The van der Waals surface area contributed by atoms with Gasteiger partial charge in [0, 0.05) is 37.8 Å². The largest absolute Gasteiger partial charge is 0.399 e. The molecule has 4 fully saturated rings. The number of halogens is 2. The Morgan fingerprint density at radius 3 is 2.33 bits per heavy atom. The molecule has 5 aliphatic rings. The van der Waals surface area contributed by atoms with Crippen molar-refractivity contribution in [3.63, 3.8) is 0 Å². The lowest BCUT2D eigenvalue weighted by Gasteiger charge is -2.63. The highest BCUT2D eigenvalue weighted by Crippen LogP contribution is 2.73. The third-order valence-electron chi connectivity index (χ3n) is 11.6. The molecule has 3 saturated carbocycles. The Bertz CT molecular complexity index is 1630. The molecule has 4 N–H and O–H groups in total. The molecule has 45 heavy (non-hydrogen) atoms. The lowest BCUT2D eigenvalue weighted by Crippen LogP contribution is -2.71. The Hall–Kier alpha value is -2.89. The predicted molar refractivity (Wildman–Crippen MR) is 164 cm³/mol. The molecule has 1 saturated heterocycles. The van der Waals surface area contributed by atoms with Crippen molar-refractivity contribution in [1.82, 2.24) is 0 Å². The van der Waals surface area contributed by atoms with E-state index in [9.17, 15) is 19.8 Å². The molecule has 0 unspecified atom stereocenters. The molecule has 7 nitrogen and oxygen atoms in total. The average Bonchev–Trinajstić information content (AvgIpc) is 3.45. The van der Waals surface area contributed by atoms with Crippen molar-refractivity contribution in [2.75, 3.05) is 12.3 Å². The van der Waals surface area contributed by atoms with Gasteiger partial charge in [0.1, 0.15) is 12.8 Å². The molecule has 10 atom stereocenters. The van der Waals surface area contributed by atoms with Crippen molar-refractivity contribution in [2.24, 2.45) is 22.7 Å². The number of fused-ring (bicyclic) bond motifs is 7. The van der Waals surface area contributed by atoms with Gasteiger partial charge in [-0.05, 0) is 93.2 Å². The summed E-state index contributed by atoms with van der Waals surface area (Å²) in [6.07, 6.45) is -0.560. The number of nitrogens with two attached hydrogens (primary N) is 1. The number of aliphatic hydroxyl groups is 2. The highest BCUT2D eigenvalue weighted by molar-refractivity contribution is 7.99. The number of rotatable bonds is 5. The number of carbonyl (C=O) groups excluding carboxylic acids is 2. The fourth-order valence-corrected chi connectivity index (χ4v) is 10.2. The maximum Gasteiger partial charge on any atom is 0.193 e. The fraction of sp³-hybridized carbons (Fsp3) is 0.486. The molecule has 2 aromatic rings. The van der Waals surface area contributed by atoms with Gasteiger partial charge in [0.2, 0.25) is 0 Å². The van der Waals surface area contributed by atoms with E-state index in [1.54, 1.807) is 25.6 Å². The number of anilines is 1. The summed E-state index contributed by atoms with van der Waals surface area (Å²) in [6.45, 7) is 4.20. The number of benzene rings is 2. The van der Waals surface area contributed by atoms with Crippen LogP contribution in [0.3, 0.4) is 0 Å². The molecule has 1 heterocycles. The molecule has 7 rings (SSSR count). The maximum absolute atomic E-state index is 17.6. The number of aliphatic hydroxyl groups excluding tert-OH is 2. The Morgan fingerprint density at radius 2 is 1.69 bits per heavy atom. The van der Waals surface area contributed by atoms with E-state index < -0.39 is 76.3 Å². The minimum absolute atomic E-state index is 0.0359. The van der Waals surface area contributed by atoms with Gasteiger partial charge in [0.05, 0.1) is 12.2 Å². The van der Waals surface area contributed by atoms with E-state index in [1.807, 2.05) is 48.5 Å². The van der Waals surface area contributed by atoms with Crippen LogP contribution in [-0.4, -0.2) is 58.0 Å². The molecule has 4 aliphatic carbocycles. The van der Waals surface area contributed by atoms with E-state index in [0.29, 0.717) is 11.3 Å². The Kier molecular flexibility index (Phi) is 6.87. The van der Waals surface area contributed by atoms with Crippen LogP contribution in [0.25, 0.3) is 0 Å². The summed E-state index contributed by atoms with van der Waals surface area (Å²) in [6, 6.07) is 15.1. The first-order valence-corrected chi connectivity index (χ1v) is 16.2. The van der Waals surface area contributed by atoms with Crippen molar-refractivity contribution < 1.29 is 38.1 Å². The highest BCUT2D eigenvalue weighted by atomic mass is 32.2. The third-order valence-corrected chi connectivity index (χ3v) is 12.6. The standard InChI is InChI=1S/C35H37F2NO6S/c1-31-13-12-21(40)14-26(31)27(36)15-25-24-16-30-35(29(42)18-39,32(24,2)17-28(41)34(25,31)37)44-33(3,43-30)19-4-8-22(9-5-19)45-23-10-6-20(38)7-11-23/h4-14,24-25,27-28,30,39,41H,15-18,38H2,1-3H3/t24-,25-,27-,28-,30+,31-,32-,33+,34-,35+/m0/s1. The molecular weight excluding hydrogens is 600 g/mol. The summed E-state index contributed by atoms with van der Waals surface area (Å²) in [5.74, 6) is -4.02. The van der Waals surface area contributed by atoms with E-state index in [0.717, 1.165) is 15.9 Å². The second-order valence-corrected chi connectivity index (χ2v) is 14.9. The second kappa shape index (κ2) is 10.1. The number of carbonyl (C=O) groups is 2. The molecule has 2 aromatic carbocycles. The van der Waals surface area contributed by atoms with Gasteiger partial charge in [0.15, 0.2) is 28.6 Å². The van der Waals surface area contributed by atoms with Crippen molar-refractivity contribution >= 4 is 29.0 Å². The summed E-state index contributed by atoms with van der Waals surface area (Å²) >= 11 is 1.56. The topological polar surface area (TPSA) is 119 Å². The van der Waals surface area contributed by atoms with Gasteiger partial charge in [-0.3, -0.25) is 9.59 Å². The van der Waals surface area contributed by atoms with Crippen molar-refractivity contribution in [3.05, 3.63) is 77.9 Å². The van der Waals surface area contributed by atoms with E-state index in [-0.39, 0.29) is 24.8 Å². The summed E-state index contributed by atoms with van der Waals surface area (Å²) in [5.41, 5.74) is 0.434. The van der Waals surface area contributed by atoms with Crippen molar-refractivity contribution in [1.29, 1.82) is 0 Å². The average molecular weight is 638 g/mol. The van der Waals surface area contributed by atoms with Gasteiger partial charge in [-0.25, -0.2) is 8.78 Å². The zero-order chi connectivity index (χ0) is 32.2. The first-order valence-electron chi connectivity index (χ1n) is 15.3. The number of alkyl halides is 2. The van der Waals surface area contributed by atoms with E-state index >= 15 is 8.78 Å². The van der Waals surface area contributed by atoms with Gasteiger partial charge in [-0.15, -0.1) is 0 Å². The molecule has 0 amide bonds. The van der Waals surface area contributed by atoms with Crippen LogP contribution >= 0.6 is 11.8 Å². The van der Waals surface area contributed by atoms with Crippen LogP contribution in [0.1, 0.15) is 45.6 Å². The minimum Gasteiger partial charge on any atom is -0.399 e. The number of nitrogen functional groups attached to an aromatic ring is 1. The zero-order valence-corrected chi connectivity index (χ0v) is 26.2. The lowest BCUT2D eigenvalue weighted by molar-refractivity contribution is -0.256. The van der Waals surface area contributed by atoms with Crippen LogP contribution in [0.5, 0.6) is 0 Å². The summed E-state index contributed by atoms with van der Waals surface area (Å²) in [7, 11) is 0. The van der Waals surface area contributed by atoms with Gasteiger partial charge in [0.25, 0.3) is 0 Å². The molecular formula is C35H37F2NO6S. The molecule has 0 aromatic heterocycles. The maximum atomic E-state index is 17.6. The quantitative estimate of drug-likeness (QED) is 0.381. The summed E-state index contributed by atoms with van der Waals surface area (Å²) in [5, 5.41) is 22.0. The van der Waals surface area contributed by atoms with Gasteiger partial charge in [-0.1, -0.05) is 36.9 Å². The SMILES string of the molecule is C[C@@]1(c2ccc(Sc3ccc(N)cc3)cc2)O[C@@H]2C[C@H]3[C@@H]4C[C@H](F)C5=CC(=O)C=C[C@]5(C)[C@@]4(F)[C@@H](O)C[C@]3(C)[C@]2(C(=O)CO)O1. The molecule has 0 spiro atoms. The van der Waals surface area contributed by atoms with Crippen molar-refractivity contribution in [2.45, 2.75) is 85.3 Å². The normalized spacial score (nSPS) is 43.2. The van der Waals surface area contributed by atoms with Crippen LogP contribution in [-0.2, 0) is 24.8 Å². The Balaban J connectivity index is 1.23. The monoisotopic (exact) mass is 637 g/mol. The summed E-state index contributed by atoms with van der Waals surface area (Å²) < 4.78 is 46.8. The first kappa shape index (κ1) is 30.7. The fourth-order valence-electron chi connectivity index (χ4n) is 9.39. The smallest absolute Gasteiger partial charge is 0.193 e. The molecule has 0 radical (unpaired) electrons. The molecule has 10 heteroatoms. The van der Waals surface area contributed by atoms with Crippen LogP contribution in [0.4, 0.5) is 14.5 Å². The number of ketones is 2. The number of hydrogen-bond acceptors (Lipinski definition) is 8. The number of allylic oxidation sites excluding steroid dienone is 4. The Labute approximate surface area is 264 Å². The predicted octanol–water partition coefficient (Wildman–Crippen LogP) is 5.24. The summed E-state index contributed by atoms with van der Waals surface area (Å²) in [4.78, 5) is 28.0. The third kappa shape index (κ3) is 4.02.